The van der Waals surface area contributed by atoms with Gasteiger partial charge in [-0.05, 0) is 128 Å². The van der Waals surface area contributed by atoms with Crippen molar-refractivity contribution in [3.8, 4) is 28.4 Å². The van der Waals surface area contributed by atoms with Gasteiger partial charge in [-0.2, -0.15) is 0 Å². The van der Waals surface area contributed by atoms with E-state index >= 15 is 4.79 Å². The van der Waals surface area contributed by atoms with E-state index in [4.69, 9.17) is 28.9 Å². The summed E-state index contributed by atoms with van der Waals surface area (Å²) in [5.74, 6) is -0.0188. The first kappa shape index (κ1) is 57.2. The van der Waals surface area contributed by atoms with Gasteiger partial charge in [-0.25, -0.2) is 4.79 Å². The highest BCUT2D eigenvalue weighted by atomic mass is 16.7. The molecule has 2 N–H and O–H groups in total. The summed E-state index contributed by atoms with van der Waals surface area (Å²) in [4.78, 5) is 23.7. The van der Waals surface area contributed by atoms with E-state index in [-0.39, 0.29) is 50.5 Å². The van der Waals surface area contributed by atoms with E-state index in [1.54, 1.807) is 6.08 Å². The van der Waals surface area contributed by atoms with Crippen molar-refractivity contribution in [3.05, 3.63) is 151 Å². The van der Waals surface area contributed by atoms with Crippen LogP contribution in [0.4, 0.5) is 4.79 Å². The fourth-order valence-electron chi connectivity index (χ4n) is 12.1. The van der Waals surface area contributed by atoms with E-state index in [9.17, 15) is 10.2 Å². The summed E-state index contributed by atoms with van der Waals surface area (Å²) < 4.78 is 28.1. The Bertz CT molecular complexity index is 2710. The van der Waals surface area contributed by atoms with Crippen LogP contribution in [0.3, 0.4) is 0 Å². The molecule has 0 aromatic heterocycles. The lowest BCUT2D eigenvalue weighted by atomic mass is 9.55. The SMILES string of the molecule is C=CCOC12Oc3ccc(Oc4ccc(-c5ccccc5)cc4)cc3C3C(CCCCO)C(CCCCO)C=C(C(=NOC(C)(C)C)CC1N(Cc1cccc4ccccc14)C(=O)OCCCCCCCCCCCC)C32. The number of oxime groups is 1. The van der Waals surface area contributed by atoms with E-state index in [2.05, 4.69) is 80.2 Å². The molecule has 5 aromatic rings. The molecule has 1 amide bonds. The average molecular weight is 1050 g/mol. The molecule has 8 rings (SSSR count). The molecule has 1 heterocycles. The number of carbonyl (C=O) groups excluding carboxylic acids is 1. The minimum Gasteiger partial charge on any atom is -0.459 e. The minimum absolute atomic E-state index is 0.0436. The third kappa shape index (κ3) is 14.6. The van der Waals surface area contributed by atoms with Crippen molar-refractivity contribution in [2.24, 2.45) is 22.9 Å². The zero-order chi connectivity index (χ0) is 54.0. The smallest absolute Gasteiger partial charge is 0.410 e. The number of rotatable bonds is 29. The van der Waals surface area contributed by atoms with Gasteiger partial charge in [0.2, 0.25) is 5.79 Å². The van der Waals surface area contributed by atoms with Gasteiger partial charge in [0.1, 0.15) is 28.9 Å². The molecule has 0 radical (unpaired) electrons. The first-order chi connectivity index (χ1) is 37.6. The number of allylic oxidation sites excluding steroid dienone is 1. The third-order valence-corrected chi connectivity index (χ3v) is 15.8. The number of amides is 1. The normalized spacial score (nSPS) is 21.1. The summed E-state index contributed by atoms with van der Waals surface area (Å²) in [6.07, 6.45) is 20.4. The van der Waals surface area contributed by atoms with Crippen molar-refractivity contribution in [2.75, 3.05) is 26.4 Å². The largest absolute Gasteiger partial charge is 0.459 e. The number of nitrogens with zero attached hydrogens (tertiary/aromatic N) is 2. The van der Waals surface area contributed by atoms with Crippen LogP contribution in [-0.2, 0) is 20.9 Å². The number of aliphatic hydroxyl groups is 2. The number of fused-ring (bicyclic) bond motifs is 3. The lowest BCUT2D eigenvalue weighted by Gasteiger charge is -2.60. The van der Waals surface area contributed by atoms with E-state index in [1.807, 2.05) is 80.3 Å². The van der Waals surface area contributed by atoms with Crippen LogP contribution in [0, 0.1) is 17.8 Å². The van der Waals surface area contributed by atoms with Gasteiger partial charge >= 0.3 is 6.09 Å². The summed E-state index contributed by atoms with van der Waals surface area (Å²) in [6, 6.07) is 38.4. The molecule has 6 atom stereocenters. The summed E-state index contributed by atoms with van der Waals surface area (Å²) in [5, 5.41) is 27.5. The fraction of sp³-hybridized carbons (Fsp3) is 0.493. The number of carbonyl (C=O) groups is 1. The highest BCUT2D eigenvalue weighted by Gasteiger charge is 2.66. The van der Waals surface area contributed by atoms with Gasteiger partial charge in [-0.3, -0.25) is 4.90 Å². The molecule has 1 aliphatic heterocycles. The molecule has 5 aromatic carbocycles. The molecule has 77 heavy (non-hydrogen) atoms. The first-order valence-electron chi connectivity index (χ1n) is 29.1. The molecule has 6 unspecified atom stereocenters. The predicted molar refractivity (Wildman–Crippen MR) is 310 cm³/mol. The van der Waals surface area contributed by atoms with Crippen LogP contribution in [0.15, 0.2) is 145 Å². The summed E-state index contributed by atoms with van der Waals surface area (Å²) in [7, 11) is 0. The van der Waals surface area contributed by atoms with Crippen LogP contribution in [0.25, 0.3) is 21.9 Å². The van der Waals surface area contributed by atoms with Gasteiger partial charge in [0.25, 0.3) is 0 Å². The van der Waals surface area contributed by atoms with Gasteiger partial charge in [-0.15, -0.1) is 6.58 Å². The lowest BCUT2D eigenvalue weighted by Crippen LogP contribution is -2.70. The molecule has 412 valence electrons. The molecule has 1 saturated carbocycles. The standard InChI is InChI=1S/C67H86N2O8/c1-6-8-9-10-11-12-13-14-15-25-44-73-65(72)69(48-53-32-26-31-51-29-19-20-33-56(51)53)62-47-60(68-77-66(3,4)5)58-45-52(30-21-23-41-70)57(34-22-24-42-71)63-59-46-55(39-40-61(59)76-67(62,64(58)63)74-43-7-2)75-54-37-35-50(36-38-54)49-27-17-16-18-28-49/h7,16-20,26-29,31-33,35-40,45-46,52,57,62-64,70-71H,2,6,8-15,21-25,30,34,41-44,47-48H2,1,3-5H3. The van der Waals surface area contributed by atoms with E-state index in [0.717, 1.165) is 89.3 Å². The number of ether oxygens (including phenoxy) is 4. The number of hydrogen-bond donors (Lipinski definition) is 2. The Kier molecular flexibility index (Phi) is 20.9. The van der Waals surface area contributed by atoms with E-state index in [0.29, 0.717) is 36.7 Å². The maximum Gasteiger partial charge on any atom is 0.410 e. The maximum absolute atomic E-state index is 15.4. The second-order valence-electron chi connectivity index (χ2n) is 22.5. The molecule has 0 bridgehead atoms. The molecule has 10 heteroatoms. The van der Waals surface area contributed by atoms with Crippen molar-refractivity contribution in [1.29, 1.82) is 0 Å². The molecular weight excluding hydrogens is 961 g/mol. The van der Waals surface area contributed by atoms with Gasteiger partial charge in [-0.1, -0.05) is 180 Å². The predicted octanol–water partition coefficient (Wildman–Crippen LogP) is 16.3. The highest BCUT2D eigenvalue weighted by Crippen LogP contribution is 2.62. The number of hydrogen-bond acceptors (Lipinski definition) is 9. The van der Waals surface area contributed by atoms with Crippen molar-refractivity contribution >= 4 is 22.6 Å². The molecule has 0 spiro atoms. The van der Waals surface area contributed by atoms with E-state index < -0.39 is 29.4 Å². The Morgan fingerprint density at radius 1 is 0.766 bits per heavy atom. The third-order valence-electron chi connectivity index (χ3n) is 15.8. The van der Waals surface area contributed by atoms with Crippen LogP contribution in [0.2, 0.25) is 0 Å². The van der Waals surface area contributed by atoms with Gasteiger partial charge in [0.05, 0.1) is 31.4 Å². The number of unbranched alkanes of at least 4 members (excludes halogenated alkanes) is 11. The molecule has 2 aliphatic carbocycles. The van der Waals surface area contributed by atoms with Crippen molar-refractivity contribution in [2.45, 2.75) is 167 Å². The van der Waals surface area contributed by atoms with Gasteiger partial charge in [0.15, 0.2) is 0 Å². The second-order valence-corrected chi connectivity index (χ2v) is 22.5. The zero-order valence-corrected chi connectivity index (χ0v) is 46.5. The van der Waals surface area contributed by atoms with Crippen LogP contribution < -0.4 is 9.47 Å². The molecular formula is C67H86N2O8. The summed E-state index contributed by atoms with van der Waals surface area (Å²) in [5.41, 5.74) is 5.29. The Balaban J connectivity index is 1.24. The number of aliphatic hydroxyl groups excluding tert-OH is 2. The van der Waals surface area contributed by atoms with E-state index in [1.165, 1.54) is 44.9 Å². The monoisotopic (exact) mass is 1050 g/mol. The Morgan fingerprint density at radius 2 is 1.43 bits per heavy atom. The maximum atomic E-state index is 15.4. The Morgan fingerprint density at radius 3 is 2.14 bits per heavy atom. The van der Waals surface area contributed by atoms with Crippen LogP contribution >= 0.6 is 0 Å². The molecule has 1 fully saturated rings. The van der Waals surface area contributed by atoms with Crippen LogP contribution in [0.5, 0.6) is 17.2 Å². The van der Waals surface area contributed by atoms with Crippen molar-refractivity contribution in [1.82, 2.24) is 4.90 Å². The van der Waals surface area contributed by atoms with Crippen LogP contribution in [0.1, 0.15) is 154 Å². The Hall–Kier alpha value is -5.94. The molecule has 0 saturated heterocycles. The second kappa shape index (κ2) is 28.1. The van der Waals surface area contributed by atoms with Crippen molar-refractivity contribution < 1.29 is 38.8 Å². The quantitative estimate of drug-likeness (QED) is 0.0276. The topological polar surface area (TPSA) is 119 Å². The zero-order valence-electron chi connectivity index (χ0n) is 46.5. The summed E-state index contributed by atoms with van der Waals surface area (Å²) in [6.45, 7) is 13.3. The lowest BCUT2D eigenvalue weighted by molar-refractivity contribution is -0.256. The highest BCUT2D eigenvalue weighted by molar-refractivity contribution is 6.03. The fourth-order valence-corrected chi connectivity index (χ4v) is 12.1. The molecule has 10 nitrogen and oxygen atoms in total. The summed E-state index contributed by atoms with van der Waals surface area (Å²) >= 11 is 0. The Labute approximate surface area is 459 Å². The first-order valence-corrected chi connectivity index (χ1v) is 29.1. The van der Waals surface area contributed by atoms with Crippen LogP contribution in [-0.4, -0.2) is 70.8 Å². The van der Waals surface area contributed by atoms with Crippen molar-refractivity contribution in [3.63, 3.8) is 0 Å². The van der Waals surface area contributed by atoms with Gasteiger partial charge < -0.3 is 34.0 Å². The minimum atomic E-state index is -1.46. The average Bonchev–Trinajstić information content (AvgIpc) is 3.53. The molecule has 3 aliphatic rings. The van der Waals surface area contributed by atoms with Gasteiger partial charge in [0, 0.05) is 31.1 Å². The number of benzene rings is 5.